The van der Waals surface area contributed by atoms with Crippen LogP contribution in [0.25, 0.3) is 0 Å². The van der Waals surface area contributed by atoms with E-state index in [1.54, 1.807) is 6.92 Å². The minimum absolute atomic E-state index is 0.0782. The van der Waals surface area contributed by atoms with Crippen LogP contribution in [-0.4, -0.2) is 29.1 Å². The fourth-order valence-corrected chi connectivity index (χ4v) is 3.77. The van der Waals surface area contributed by atoms with Gasteiger partial charge in [0.05, 0.1) is 9.32 Å². The Labute approximate surface area is 131 Å². The van der Waals surface area contributed by atoms with Crippen molar-refractivity contribution in [3.05, 3.63) is 30.6 Å². The summed E-state index contributed by atoms with van der Waals surface area (Å²) in [4.78, 5) is 24.1. The number of nitrogens with zero attached hydrogens (tertiary/aromatic N) is 2. The Morgan fingerprint density at radius 3 is 2.30 bits per heavy atom. The highest BCUT2D eigenvalue weighted by molar-refractivity contribution is 14.1. The van der Waals surface area contributed by atoms with Gasteiger partial charge in [-0.25, -0.2) is 13.2 Å². The largest absolute Gasteiger partial charge is 0.331 e. The Morgan fingerprint density at radius 2 is 1.75 bits per heavy atom. The highest BCUT2D eigenvalue weighted by Crippen LogP contribution is 1.98. The quantitative estimate of drug-likeness (QED) is 0.620. The lowest BCUT2D eigenvalue weighted by Crippen LogP contribution is -2.42. The van der Waals surface area contributed by atoms with E-state index in [9.17, 15) is 18.0 Å². The van der Waals surface area contributed by atoms with Gasteiger partial charge in [0, 0.05) is 25.0 Å². The molecule has 0 unspecified atom stereocenters. The molecule has 0 saturated carbocycles. The van der Waals surface area contributed by atoms with Crippen LogP contribution in [0.15, 0.2) is 15.8 Å². The second kappa shape index (κ2) is 7.39. The maximum atomic E-state index is 12.1. The molecule has 114 valence electrons. The van der Waals surface area contributed by atoms with E-state index in [1.165, 1.54) is 10.8 Å². The minimum Gasteiger partial charge on any atom is -0.299 e. The summed E-state index contributed by atoms with van der Waals surface area (Å²) in [5.74, 6) is -0.100. The van der Waals surface area contributed by atoms with Gasteiger partial charge in [0.1, 0.15) is 0 Å². The average molecular weight is 414 g/mol. The fourth-order valence-electron chi connectivity index (χ4n) is 1.86. The lowest BCUT2D eigenvalue weighted by atomic mass is 10.4. The maximum Gasteiger partial charge on any atom is 0.331 e. The van der Waals surface area contributed by atoms with Crippen LogP contribution in [0.5, 0.6) is 0 Å². The first-order valence-electron chi connectivity index (χ1n) is 6.52. The van der Waals surface area contributed by atoms with Crippen LogP contribution in [0.3, 0.4) is 0 Å². The second-order valence-corrected chi connectivity index (χ2v) is 8.03. The van der Waals surface area contributed by atoms with Crippen LogP contribution < -0.4 is 11.2 Å². The number of aryl methyl sites for hydroxylation is 1. The number of hydrogen-bond acceptors (Lipinski definition) is 4. The number of rotatable bonds is 7. The molecule has 0 radical (unpaired) electrons. The van der Waals surface area contributed by atoms with Crippen LogP contribution in [0.1, 0.15) is 26.7 Å². The van der Waals surface area contributed by atoms with Gasteiger partial charge in [-0.15, -0.1) is 0 Å². The summed E-state index contributed by atoms with van der Waals surface area (Å²) in [6.45, 7) is 4.14. The molecule has 8 heteroatoms. The topological polar surface area (TPSA) is 78.1 Å². The van der Waals surface area contributed by atoms with Crippen molar-refractivity contribution in [2.75, 3.05) is 11.5 Å². The predicted octanol–water partition coefficient (Wildman–Crippen LogP) is 0.849. The van der Waals surface area contributed by atoms with E-state index in [0.29, 0.717) is 16.5 Å². The number of hydrogen-bond donors (Lipinski definition) is 0. The lowest BCUT2D eigenvalue weighted by molar-refractivity contribution is 0.548. The first kappa shape index (κ1) is 17.4. The van der Waals surface area contributed by atoms with Crippen LogP contribution in [0.4, 0.5) is 0 Å². The van der Waals surface area contributed by atoms with E-state index in [-0.39, 0.29) is 18.1 Å². The zero-order chi connectivity index (χ0) is 15.3. The Kier molecular flexibility index (Phi) is 6.44. The molecule has 0 spiro atoms. The maximum absolute atomic E-state index is 12.1. The molecule has 0 fully saturated rings. The van der Waals surface area contributed by atoms with E-state index >= 15 is 0 Å². The minimum atomic E-state index is -3.21. The van der Waals surface area contributed by atoms with E-state index < -0.39 is 21.1 Å². The molecule has 1 rings (SSSR count). The van der Waals surface area contributed by atoms with E-state index in [2.05, 4.69) is 0 Å². The molecule has 1 aromatic rings. The molecule has 0 bridgehead atoms. The molecular formula is C12H19IN2O4S. The summed E-state index contributed by atoms with van der Waals surface area (Å²) in [5, 5.41) is 0. The summed E-state index contributed by atoms with van der Waals surface area (Å²) in [7, 11) is -3.21. The zero-order valence-electron chi connectivity index (χ0n) is 11.6. The first-order chi connectivity index (χ1) is 9.32. The van der Waals surface area contributed by atoms with Crippen molar-refractivity contribution in [1.29, 1.82) is 0 Å². The molecule has 0 aliphatic rings. The van der Waals surface area contributed by atoms with Crippen molar-refractivity contribution in [3.8, 4) is 0 Å². The smallest absolute Gasteiger partial charge is 0.299 e. The normalized spacial score (nSPS) is 11.8. The van der Waals surface area contributed by atoms with E-state index in [1.807, 2.05) is 29.5 Å². The molecule has 0 atom stereocenters. The summed E-state index contributed by atoms with van der Waals surface area (Å²) >= 11 is 1.87. The van der Waals surface area contributed by atoms with E-state index in [4.69, 9.17) is 0 Å². The molecule has 0 N–H and O–H groups in total. The Balaban J connectivity index is 3.12. The lowest BCUT2D eigenvalue weighted by Gasteiger charge is -2.10. The van der Waals surface area contributed by atoms with Gasteiger partial charge in [-0.1, -0.05) is 13.8 Å². The van der Waals surface area contributed by atoms with Gasteiger partial charge < -0.3 is 0 Å². The molecule has 0 amide bonds. The summed E-state index contributed by atoms with van der Waals surface area (Å²) in [6, 6.07) is 0. The monoisotopic (exact) mass is 414 g/mol. The summed E-state index contributed by atoms with van der Waals surface area (Å²) in [6.07, 6.45) is 2.82. The number of halogens is 1. The van der Waals surface area contributed by atoms with Gasteiger partial charge in [-0.2, -0.15) is 0 Å². The number of aromatic nitrogens is 2. The second-order valence-electron chi connectivity index (χ2n) is 4.56. The molecule has 6 nitrogen and oxygen atoms in total. The van der Waals surface area contributed by atoms with Gasteiger partial charge in [-0.05, 0) is 35.4 Å². The predicted molar refractivity (Wildman–Crippen MR) is 86.9 cm³/mol. The first-order valence-corrected chi connectivity index (χ1v) is 9.42. The summed E-state index contributed by atoms with van der Waals surface area (Å²) in [5.41, 5.74) is -0.862. The van der Waals surface area contributed by atoms with Crippen LogP contribution in [-0.2, 0) is 22.9 Å². The number of sulfone groups is 1. The molecule has 1 heterocycles. The third-order valence-corrected chi connectivity index (χ3v) is 5.38. The molecule has 0 saturated heterocycles. The standard InChI is InChI=1S/C12H19IN2O4S/c1-3-5-14-9-10(13)11(16)15(12(14)17)6-8-20(18,19)7-4-2/h9H,3-8H2,1-2H3. The molecular weight excluding hydrogens is 395 g/mol. The SMILES string of the molecule is CCCn1cc(I)c(=O)n(CCS(=O)(=O)CCC)c1=O. The van der Waals surface area contributed by atoms with Crippen molar-refractivity contribution >= 4 is 32.4 Å². The Hall–Kier alpha value is -0.640. The van der Waals surface area contributed by atoms with Gasteiger partial charge in [-0.3, -0.25) is 13.9 Å². The third kappa shape index (κ3) is 4.44. The third-order valence-electron chi connectivity index (χ3n) is 2.80. The van der Waals surface area contributed by atoms with Crippen molar-refractivity contribution in [2.24, 2.45) is 0 Å². The van der Waals surface area contributed by atoms with Crippen molar-refractivity contribution in [1.82, 2.24) is 9.13 Å². The van der Waals surface area contributed by atoms with Crippen LogP contribution in [0.2, 0.25) is 0 Å². The van der Waals surface area contributed by atoms with Crippen LogP contribution in [0, 0.1) is 3.57 Å². The molecule has 0 aromatic carbocycles. The van der Waals surface area contributed by atoms with Gasteiger partial charge in [0.2, 0.25) is 0 Å². The van der Waals surface area contributed by atoms with Gasteiger partial charge in [0.25, 0.3) is 5.56 Å². The van der Waals surface area contributed by atoms with E-state index in [0.717, 1.165) is 11.0 Å². The van der Waals surface area contributed by atoms with Gasteiger partial charge in [0.15, 0.2) is 9.84 Å². The fraction of sp³-hybridized carbons (Fsp3) is 0.667. The molecule has 1 aromatic heterocycles. The highest BCUT2D eigenvalue weighted by Gasteiger charge is 2.14. The Morgan fingerprint density at radius 1 is 1.10 bits per heavy atom. The van der Waals surface area contributed by atoms with Crippen molar-refractivity contribution < 1.29 is 8.42 Å². The van der Waals surface area contributed by atoms with Gasteiger partial charge >= 0.3 is 5.69 Å². The molecule has 0 aliphatic carbocycles. The summed E-state index contributed by atoms with van der Waals surface area (Å²) < 4.78 is 26.3. The van der Waals surface area contributed by atoms with Crippen LogP contribution >= 0.6 is 22.6 Å². The Bertz CT molecular complexity index is 676. The zero-order valence-corrected chi connectivity index (χ0v) is 14.6. The highest BCUT2D eigenvalue weighted by atomic mass is 127. The average Bonchev–Trinajstić information content (AvgIpc) is 2.36. The van der Waals surface area contributed by atoms with Crippen molar-refractivity contribution in [3.63, 3.8) is 0 Å². The molecule has 20 heavy (non-hydrogen) atoms. The van der Waals surface area contributed by atoms with Crippen molar-refractivity contribution in [2.45, 2.75) is 39.8 Å². The molecule has 0 aliphatic heterocycles.